The van der Waals surface area contributed by atoms with Gasteiger partial charge in [-0.2, -0.15) is 0 Å². The second kappa shape index (κ2) is 7.86. The average Bonchev–Trinajstić information content (AvgIpc) is 3.20. The van der Waals surface area contributed by atoms with Crippen molar-refractivity contribution < 1.29 is 8.42 Å². The number of rotatable bonds is 3. The van der Waals surface area contributed by atoms with Crippen molar-refractivity contribution in [1.82, 2.24) is 0 Å². The number of hydrogen-bond acceptors (Lipinski definition) is 2. The Hall–Kier alpha value is -3.34. The topological polar surface area (TPSA) is 37.4 Å². The van der Waals surface area contributed by atoms with Crippen molar-refractivity contribution in [1.29, 1.82) is 0 Å². The van der Waals surface area contributed by atoms with Crippen LogP contribution in [0.25, 0.3) is 5.57 Å². The summed E-state index contributed by atoms with van der Waals surface area (Å²) >= 11 is 6.01. The van der Waals surface area contributed by atoms with E-state index in [4.69, 9.17) is 11.6 Å². The summed E-state index contributed by atoms with van der Waals surface area (Å²) in [6.07, 6.45) is 3.00. The number of hydrogen-bond donors (Lipinski definition) is 0. The molecule has 1 aliphatic carbocycles. The Kier molecular flexibility index (Phi) is 4.91. The van der Waals surface area contributed by atoms with Gasteiger partial charge in [-0.3, -0.25) is 4.31 Å². The summed E-state index contributed by atoms with van der Waals surface area (Å²) < 4.78 is 28.9. The lowest BCUT2D eigenvalue weighted by molar-refractivity contribution is 0.551. The molecular formula is C29H22ClNO2S. The van der Waals surface area contributed by atoms with Crippen LogP contribution < -0.4 is 4.31 Å². The molecule has 3 nitrogen and oxygen atoms in total. The van der Waals surface area contributed by atoms with Gasteiger partial charge in [0.25, 0.3) is 10.0 Å². The number of allylic oxidation sites excluding steroid dienone is 1. The standard InChI is InChI=1S/C29H22ClNO2S/c30-22-14-16-23(17-15-22)34(32,33)31-19-18-29(27-12-6-7-13-28(27)31)20-25(21-8-2-1-3-9-21)24-10-4-5-11-26(24)29/h1-17,20H,18-19H2. The molecule has 0 N–H and O–H groups in total. The van der Waals surface area contributed by atoms with Gasteiger partial charge in [0.15, 0.2) is 0 Å². The maximum Gasteiger partial charge on any atom is 0.264 e. The molecule has 4 aromatic rings. The molecule has 1 unspecified atom stereocenters. The number of para-hydroxylation sites is 1. The number of fused-ring (bicyclic) bond motifs is 4. The minimum Gasteiger partial charge on any atom is -0.266 e. The van der Waals surface area contributed by atoms with Gasteiger partial charge in [0, 0.05) is 17.0 Å². The van der Waals surface area contributed by atoms with Crippen LogP contribution in [0.15, 0.2) is 114 Å². The Labute approximate surface area is 205 Å². The maximum absolute atomic E-state index is 13.7. The zero-order chi connectivity index (χ0) is 23.3. The lowest BCUT2D eigenvalue weighted by Crippen LogP contribution is -2.42. The average molecular weight is 484 g/mol. The van der Waals surface area contributed by atoms with Crippen LogP contribution in [0.4, 0.5) is 5.69 Å². The minimum absolute atomic E-state index is 0.245. The van der Waals surface area contributed by atoms with Crippen LogP contribution in [-0.4, -0.2) is 15.0 Å². The fourth-order valence-electron chi connectivity index (χ4n) is 5.38. The molecule has 2 aliphatic rings. The summed E-state index contributed by atoms with van der Waals surface area (Å²) in [6.45, 7) is 0.384. The van der Waals surface area contributed by atoms with E-state index in [1.165, 1.54) is 22.3 Å². The van der Waals surface area contributed by atoms with Crippen molar-refractivity contribution in [2.45, 2.75) is 16.7 Å². The second-order valence-corrected chi connectivity index (χ2v) is 11.0. The van der Waals surface area contributed by atoms with Crippen molar-refractivity contribution in [3.05, 3.63) is 136 Å². The SMILES string of the molecule is O=S(=O)(c1ccc(Cl)cc1)N1CCC2(C=C(c3ccccc3)c3ccccc32)c2ccccc21. The Morgan fingerprint density at radius 2 is 1.38 bits per heavy atom. The predicted octanol–water partition coefficient (Wildman–Crippen LogP) is 6.67. The van der Waals surface area contributed by atoms with Crippen molar-refractivity contribution in [2.75, 3.05) is 10.8 Å². The van der Waals surface area contributed by atoms with Crippen LogP contribution in [0.3, 0.4) is 0 Å². The minimum atomic E-state index is -3.73. The quantitative estimate of drug-likeness (QED) is 0.326. The molecule has 0 aromatic heterocycles. The van der Waals surface area contributed by atoms with Gasteiger partial charge < -0.3 is 0 Å². The fourth-order valence-corrected chi connectivity index (χ4v) is 6.99. The van der Waals surface area contributed by atoms with Crippen LogP contribution in [0.5, 0.6) is 0 Å². The first-order valence-electron chi connectivity index (χ1n) is 11.3. The van der Waals surface area contributed by atoms with E-state index in [1.54, 1.807) is 28.6 Å². The van der Waals surface area contributed by atoms with Gasteiger partial charge in [-0.05, 0) is 64.6 Å². The van der Waals surface area contributed by atoms with Gasteiger partial charge in [0.05, 0.1) is 10.6 Å². The normalized spacial score (nSPS) is 19.0. The van der Waals surface area contributed by atoms with Crippen LogP contribution >= 0.6 is 11.6 Å². The molecule has 0 fully saturated rings. The van der Waals surface area contributed by atoms with Gasteiger partial charge in [-0.25, -0.2) is 8.42 Å². The smallest absolute Gasteiger partial charge is 0.264 e. The van der Waals surface area contributed by atoms with E-state index < -0.39 is 10.0 Å². The van der Waals surface area contributed by atoms with Crippen LogP contribution in [0.1, 0.15) is 28.7 Å². The molecule has 0 bridgehead atoms. The molecule has 1 spiro atoms. The van der Waals surface area contributed by atoms with E-state index in [0.29, 0.717) is 18.0 Å². The van der Waals surface area contributed by atoms with E-state index in [1.807, 2.05) is 24.3 Å². The highest BCUT2D eigenvalue weighted by Crippen LogP contribution is 2.54. The number of halogens is 1. The maximum atomic E-state index is 13.7. The number of nitrogens with zero attached hydrogens (tertiary/aromatic N) is 1. The fraction of sp³-hybridized carbons (Fsp3) is 0.103. The summed E-state index contributed by atoms with van der Waals surface area (Å²) in [7, 11) is -3.73. The van der Waals surface area contributed by atoms with E-state index >= 15 is 0 Å². The van der Waals surface area contributed by atoms with E-state index in [-0.39, 0.29) is 10.3 Å². The van der Waals surface area contributed by atoms with Crippen molar-refractivity contribution in [3.63, 3.8) is 0 Å². The van der Waals surface area contributed by atoms with Crippen molar-refractivity contribution in [3.8, 4) is 0 Å². The van der Waals surface area contributed by atoms with Crippen LogP contribution in [0.2, 0.25) is 5.02 Å². The summed E-state index contributed by atoms with van der Waals surface area (Å²) in [4.78, 5) is 0.245. The van der Waals surface area contributed by atoms with Gasteiger partial charge in [0.2, 0.25) is 0 Å². The Bertz CT molecular complexity index is 1530. The summed E-state index contributed by atoms with van der Waals surface area (Å²) in [5.74, 6) is 0. The highest BCUT2D eigenvalue weighted by molar-refractivity contribution is 7.92. The lowest BCUT2D eigenvalue weighted by atomic mass is 9.71. The molecule has 0 amide bonds. The first-order chi connectivity index (χ1) is 16.5. The third-order valence-corrected chi connectivity index (χ3v) is 9.02. The first kappa shape index (κ1) is 21.2. The molecule has 1 heterocycles. The molecule has 4 aromatic carbocycles. The van der Waals surface area contributed by atoms with E-state index in [0.717, 1.165) is 11.3 Å². The number of anilines is 1. The molecule has 6 rings (SSSR count). The molecular weight excluding hydrogens is 462 g/mol. The largest absolute Gasteiger partial charge is 0.266 e. The Morgan fingerprint density at radius 3 is 2.15 bits per heavy atom. The van der Waals surface area contributed by atoms with Gasteiger partial charge in [-0.15, -0.1) is 0 Å². The summed E-state index contributed by atoms with van der Waals surface area (Å²) in [5.41, 5.74) is 6.15. The number of sulfonamides is 1. The molecule has 0 radical (unpaired) electrons. The van der Waals surface area contributed by atoms with Crippen molar-refractivity contribution in [2.24, 2.45) is 0 Å². The number of benzene rings is 4. The predicted molar refractivity (Wildman–Crippen MR) is 138 cm³/mol. The second-order valence-electron chi connectivity index (χ2n) is 8.74. The van der Waals surface area contributed by atoms with E-state index in [2.05, 4.69) is 60.7 Å². The zero-order valence-electron chi connectivity index (χ0n) is 18.4. The van der Waals surface area contributed by atoms with Gasteiger partial charge in [0.1, 0.15) is 0 Å². The molecule has 1 atom stereocenters. The molecule has 0 saturated carbocycles. The summed E-state index contributed by atoms with van der Waals surface area (Å²) in [5, 5.41) is 0.512. The molecule has 5 heteroatoms. The monoisotopic (exact) mass is 483 g/mol. The zero-order valence-corrected chi connectivity index (χ0v) is 19.9. The summed E-state index contributed by atoms with van der Waals surface area (Å²) in [6, 6.07) is 33.2. The Balaban J connectivity index is 1.54. The van der Waals surface area contributed by atoms with Gasteiger partial charge >= 0.3 is 0 Å². The third-order valence-electron chi connectivity index (χ3n) is 6.94. The van der Waals surface area contributed by atoms with Crippen LogP contribution in [0, 0.1) is 0 Å². The molecule has 1 aliphatic heterocycles. The van der Waals surface area contributed by atoms with Crippen LogP contribution in [-0.2, 0) is 15.4 Å². The van der Waals surface area contributed by atoms with E-state index in [9.17, 15) is 8.42 Å². The molecule has 168 valence electrons. The Morgan fingerprint density at radius 1 is 0.735 bits per heavy atom. The first-order valence-corrected chi connectivity index (χ1v) is 13.1. The highest BCUT2D eigenvalue weighted by Gasteiger charge is 2.46. The van der Waals surface area contributed by atoms with Gasteiger partial charge in [-0.1, -0.05) is 90.5 Å². The lowest BCUT2D eigenvalue weighted by Gasteiger charge is -2.41. The highest BCUT2D eigenvalue weighted by atomic mass is 35.5. The van der Waals surface area contributed by atoms with Crippen molar-refractivity contribution >= 4 is 32.9 Å². The third kappa shape index (κ3) is 3.13. The molecule has 0 saturated heterocycles. The molecule has 34 heavy (non-hydrogen) atoms.